The number of ether oxygens (including phenoxy) is 1. The molecule has 0 spiro atoms. The summed E-state index contributed by atoms with van der Waals surface area (Å²) in [4.78, 5) is 15.1. The standard InChI is InChI=1S/C15H10F3N3O3/c1-24-9-4-2-3-8(5-9)11-6-12(15(16,17)18)21-13(20-11)10(7-19-21)14(22)23/h2-7H,1H3,(H,22,23)/p-1. The number of alkyl halides is 3. The van der Waals surface area contributed by atoms with Gasteiger partial charge in [0.15, 0.2) is 11.3 Å². The van der Waals surface area contributed by atoms with Gasteiger partial charge in [0.2, 0.25) is 0 Å². The lowest BCUT2D eigenvalue weighted by Gasteiger charge is -2.12. The van der Waals surface area contributed by atoms with Crippen LogP contribution in [0.3, 0.4) is 0 Å². The highest BCUT2D eigenvalue weighted by atomic mass is 19.4. The van der Waals surface area contributed by atoms with Gasteiger partial charge in [-0.25, -0.2) is 9.50 Å². The number of hydrogen-bond donors (Lipinski definition) is 0. The van der Waals surface area contributed by atoms with E-state index in [2.05, 4.69) is 10.1 Å². The van der Waals surface area contributed by atoms with Gasteiger partial charge in [-0.1, -0.05) is 12.1 Å². The maximum Gasteiger partial charge on any atom is 0.433 e. The summed E-state index contributed by atoms with van der Waals surface area (Å²) in [6, 6.07) is 7.04. The van der Waals surface area contributed by atoms with E-state index in [0.717, 1.165) is 12.3 Å². The van der Waals surface area contributed by atoms with Crippen molar-refractivity contribution in [2.24, 2.45) is 0 Å². The third kappa shape index (κ3) is 2.64. The predicted molar refractivity (Wildman–Crippen MR) is 74.3 cm³/mol. The van der Waals surface area contributed by atoms with E-state index in [1.807, 2.05) is 0 Å². The fraction of sp³-hybridized carbons (Fsp3) is 0.133. The predicted octanol–water partition coefficient (Wildman–Crippen LogP) is 1.79. The number of rotatable bonds is 3. The van der Waals surface area contributed by atoms with E-state index in [0.29, 0.717) is 15.8 Å². The zero-order valence-corrected chi connectivity index (χ0v) is 12.2. The Morgan fingerprint density at radius 2 is 2.04 bits per heavy atom. The number of carboxylic acids is 1. The van der Waals surface area contributed by atoms with Crippen LogP contribution in [0.5, 0.6) is 5.75 Å². The molecule has 0 N–H and O–H groups in total. The van der Waals surface area contributed by atoms with Gasteiger partial charge in [0.25, 0.3) is 0 Å². The van der Waals surface area contributed by atoms with Gasteiger partial charge in [0, 0.05) is 5.56 Å². The first-order valence-electron chi connectivity index (χ1n) is 6.63. The molecule has 3 rings (SSSR count). The van der Waals surface area contributed by atoms with Crippen LogP contribution in [0, 0.1) is 0 Å². The molecule has 9 heteroatoms. The molecule has 0 amide bonds. The minimum absolute atomic E-state index is 0.0586. The van der Waals surface area contributed by atoms with E-state index in [9.17, 15) is 23.1 Å². The van der Waals surface area contributed by atoms with Crippen LogP contribution in [0.25, 0.3) is 16.9 Å². The number of hydrogen-bond acceptors (Lipinski definition) is 5. The first-order chi connectivity index (χ1) is 11.3. The molecule has 2 aromatic heterocycles. The molecule has 0 bridgehead atoms. The lowest BCUT2D eigenvalue weighted by molar-refractivity contribution is -0.254. The van der Waals surface area contributed by atoms with Gasteiger partial charge in [0.05, 0.1) is 30.5 Å². The van der Waals surface area contributed by atoms with Gasteiger partial charge in [0.1, 0.15) is 5.75 Å². The van der Waals surface area contributed by atoms with Crippen LogP contribution in [0.2, 0.25) is 0 Å². The van der Waals surface area contributed by atoms with Crippen LogP contribution >= 0.6 is 0 Å². The lowest BCUT2D eigenvalue weighted by Crippen LogP contribution is -2.22. The molecule has 1 aromatic carbocycles. The SMILES string of the molecule is COc1cccc(-c2cc(C(F)(F)F)n3ncc(C(=O)[O-])c3n2)c1. The van der Waals surface area contributed by atoms with Crippen molar-refractivity contribution in [3.8, 4) is 17.0 Å². The first kappa shape index (κ1) is 15.8. The average molecular weight is 336 g/mol. The molecule has 0 radical (unpaired) electrons. The Kier molecular flexibility index (Phi) is 3.63. The number of aromatic carboxylic acids is 1. The molecule has 0 aliphatic heterocycles. The number of fused-ring (bicyclic) bond motifs is 1. The average Bonchev–Trinajstić information content (AvgIpc) is 2.97. The van der Waals surface area contributed by atoms with E-state index in [1.54, 1.807) is 12.1 Å². The molecule has 0 fully saturated rings. The summed E-state index contributed by atoms with van der Waals surface area (Å²) in [6.07, 6.45) is -3.97. The Bertz CT molecular complexity index is 935. The number of carbonyl (C=O) groups excluding carboxylic acids is 1. The molecule has 6 nitrogen and oxygen atoms in total. The van der Waals surface area contributed by atoms with E-state index in [4.69, 9.17) is 4.74 Å². The molecule has 0 saturated carbocycles. The summed E-state index contributed by atoms with van der Waals surface area (Å²) in [5, 5.41) is 14.5. The van der Waals surface area contributed by atoms with Crippen LogP contribution in [-0.2, 0) is 6.18 Å². The summed E-state index contributed by atoms with van der Waals surface area (Å²) in [5.41, 5.74) is -1.82. The van der Waals surface area contributed by atoms with Gasteiger partial charge < -0.3 is 14.6 Å². The number of carboxylic acid groups (broad SMARTS) is 1. The largest absolute Gasteiger partial charge is 0.545 e. The second kappa shape index (κ2) is 5.52. The van der Waals surface area contributed by atoms with Crippen LogP contribution in [0.15, 0.2) is 36.5 Å². The molecule has 124 valence electrons. The third-order valence-electron chi connectivity index (χ3n) is 3.35. The molecule has 2 heterocycles. The van der Waals surface area contributed by atoms with Gasteiger partial charge >= 0.3 is 6.18 Å². The summed E-state index contributed by atoms with van der Waals surface area (Å²) in [7, 11) is 1.42. The first-order valence-corrected chi connectivity index (χ1v) is 6.63. The third-order valence-corrected chi connectivity index (χ3v) is 3.35. The highest BCUT2D eigenvalue weighted by Gasteiger charge is 2.35. The van der Waals surface area contributed by atoms with Crippen molar-refractivity contribution in [2.75, 3.05) is 7.11 Å². The molecule has 0 saturated heterocycles. The van der Waals surface area contributed by atoms with Crippen molar-refractivity contribution in [3.05, 3.63) is 47.8 Å². The Balaban J connectivity index is 2.32. The van der Waals surface area contributed by atoms with Crippen LogP contribution < -0.4 is 9.84 Å². The highest BCUT2D eigenvalue weighted by Crippen LogP contribution is 2.33. The van der Waals surface area contributed by atoms with Crippen molar-refractivity contribution in [2.45, 2.75) is 6.18 Å². The zero-order chi connectivity index (χ0) is 17.5. The summed E-state index contributed by atoms with van der Waals surface area (Å²) in [5.74, 6) is -1.23. The lowest BCUT2D eigenvalue weighted by atomic mass is 10.1. The number of benzene rings is 1. The Hall–Kier alpha value is -3.10. The van der Waals surface area contributed by atoms with Gasteiger partial charge in [-0.2, -0.15) is 18.3 Å². The minimum atomic E-state index is -4.75. The van der Waals surface area contributed by atoms with Crippen molar-refractivity contribution < 1.29 is 27.8 Å². The van der Waals surface area contributed by atoms with E-state index in [1.165, 1.54) is 19.2 Å². The fourth-order valence-electron chi connectivity index (χ4n) is 2.24. The number of aromatic nitrogens is 3. The fourth-order valence-corrected chi connectivity index (χ4v) is 2.24. The minimum Gasteiger partial charge on any atom is -0.545 e. The van der Waals surface area contributed by atoms with Gasteiger partial charge in [-0.3, -0.25) is 0 Å². The van der Waals surface area contributed by atoms with E-state index < -0.39 is 29.1 Å². The molecule has 0 atom stereocenters. The maximum absolute atomic E-state index is 13.3. The number of halogens is 3. The molecule has 0 aliphatic carbocycles. The number of methoxy groups -OCH3 is 1. The quantitative estimate of drug-likeness (QED) is 0.728. The number of nitrogens with zero attached hydrogens (tertiary/aromatic N) is 3. The van der Waals surface area contributed by atoms with Crippen molar-refractivity contribution >= 4 is 11.6 Å². The monoisotopic (exact) mass is 336 g/mol. The Morgan fingerprint density at radius 3 is 2.67 bits per heavy atom. The van der Waals surface area contributed by atoms with Crippen LogP contribution in [-0.4, -0.2) is 27.7 Å². The van der Waals surface area contributed by atoms with Crippen LogP contribution in [0.1, 0.15) is 16.1 Å². The van der Waals surface area contributed by atoms with Crippen molar-refractivity contribution in [1.82, 2.24) is 14.6 Å². The summed E-state index contributed by atoms with van der Waals surface area (Å²) in [6.45, 7) is 0. The van der Waals surface area contributed by atoms with Gasteiger partial charge in [-0.15, -0.1) is 0 Å². The zero-order valence-electron chi connectivity index (χ0n) is 12.2. The Morgan fingerprint density at radius 1 is 1.29 bits per heavy atom. The normalized spacial score (nSPS) is 11.7. The molecule has 0 aliphatic rings. The van der Waals surface area contributed by atoms with E-state index >= 15 is 0 Å². The topological polar surface area (TPSA) is 79.5 Å². The molecule has 0 unspecified atom stereocenters. The van der Waals surface area contributed by atoms with Crippen molar-refractivity contribution in [3.63, 3.8) is 0 Å². The summed E-state index contributed by atoms with van der Waals surface area (Å²) >= 11 is 0. The highest BCUT2D eigenvalue weighted by molar-refractivity contribution is 5.93. The summed E-state index contributed by atoms with van der Waals surface area (Å²) < 4.78 is 45.4. The second-order valence-electron chi connectivity index (χ2n) is 4.84. The molecule has 3 aromatic rings. The molecule has 24 heavy (non-hydrogen) atoms. The second-order valence-corrected chi connectivity index (χ2v) is 4.84. The van der Waals surface area contributed by atoms with E-state index in [-0.39, 0.29) is 5.69 Å². The molecular formula is C15H9F3N3O3-. The maximum atomic E-state index is 13.3. The van der Waals surface area contributed by atoms with Gasteiger partial charge in [-0.05, 0) is 18.2 Å². The van der Waals surface area contributed by atoms with Crippen LogP contribution in [0.4, 0.5) is 13.2 Å². The smallest absolute Gasteiger partial charge is 0.433 e. The van der Waals surface area contributed by atoms with Crippen molar-refractivity contribution in [1.29, 1.82) is 0 Å². The number of carbonyl (C=O) groups is 1. The Labute approximate surface area is 133 Å². The molecular weight excluding hydrogens is 327 g/mol.